The van der Waals surface area contributed by atoms with E-state index in [0.717, 1.165) is 24.8 Å². The van der Waals surface area contributed by atoms with Crippen LogP contribution in [0.4, 0.5) is 0 Å². The minimum atomic E-state index is -3.72. The Morgan fingerprint density at radius 1 is 1.17 bits per heavy atom. The Hall–Kier alpha value is -2.32. The zero-order chi connectivity index (χ0) is 16.6. The quantitative estimate of drug-likeness (QED) is 0.787. The first-order valence-corrected chi connectivity index (χ1v) is 9.33. The molecule has 4 rings (SSSR count). The summed E-state index contributed by atoms with van der Waals surface area (Å²) in [5, 5.41) is 7.31. The monoisotopic (exact) mass is 343 g/mol. The van der Waals surface area contributed by atoms with Crippen molar-refractivity contribution in [2.24, 2.45) is 0 Å². The van der Waals surface area contributed by atoms with E-state index in [1.165, 1.54) is 0 Å². The van der Waals surface area contributed by atoms with Crippen molar-refractivity contribution in [3.05, 3.63) is 48.4 Å². The van der Waals surface area contributed by atoms with Crippen LogP contribution in [0.2, 0.25) is 0 Å². The predicted molar refractivity (Wildman–Crippen MR) is 88.6 cm³/mol. The number of hydrogen-bond acceptors (Lipinski definition) is 5. The van der Waals surface area contributed by atoms with Gasteiger partial charge in [0.25, 0.3) is 10.0 Å². The van der Waals surface area contributed by atoms with Crippen molar-refractivity contribution in [2.45, 2.75) is 30.3 Å². The fourth-order valence-corrected chi connectivity index (χ4v) is 4.99. The zero-order valence-electron chi connectivity index (χ0n) is 13.0. The number of pyridine rings is 2. The van der Waals surface area contributed by atoms with Crippen molar-refractivity contribution >= 4 is 21.1 Å². The molecule has 8 heteroatoms. The van der Waals surface area contributed by atoms with Gasteiger partial charge < -0.3 is 0 Å². The Balaban J connectivity index is 1.79. The highest BCUT2D eigenvalue weighted by Gasteiger charge is 2.37. The Bertz CT molecular complexity index is 955. The molecule has 0 radical (unpaired) electrons. The van der Waals surface area contributed by atoms with Crippen LogP contribution in [0.5, 0.6) is 0 Å². The summed E-state index contributed by atoms with van der Waals surface area (Å²) < 4.78 is 28.0. The molecule has 0 bridgehead atoms. The number of aromatic amines is 1. The van der Waals surface area contributed by atoms with Crippen molar-refractivity contribution in [2.75, 3.05) is 6.54 Å². The minimum absolute atomic E-state index is 0.0430. The van der Waals surface area contributed by atoms with Gasteiger partial charge in [-0.3, -0.25) is 10.1 Å². The average Bonchev–Trinajstić information content (AvgIpc) is 3.07. The first-order chi connectivity index (χ1) is 11.7. The van der Waals surface area contributed by atoms with E-state index in [1.54, 1.807) is 35.0 Å². The van der Waals surface area contributed by atoms with Gasteiger partial charge in [-0.2, -0.15) is 9.40 Å². The number of aromatic nitrogens is 4. The molecule has 0 amide bonds. The van der Waals surface area contributed by atoms with Gasteiger partial charge in [0.1, 0.15) is 0 Å². The number of nitrogens with one attached hydrogen (secondary N) is 1. The van der Waals surface area contributed by atoms with Crippen LogP contribution < -0.4 is 0 Å². The summed E-state index contributed by atoms with van der Waals surface area (Å²) in [6.07, 6.45) is 7.66. The van der Waals surface area contributed by atoms with Crippen molar-refractivity contribution in [3.63, 3.8) is 0 Å². The van der Waals surface area contributed by atoms with E-state index in [2.05, 4.69) is 20.2 Å². The molecular formula is C16H17N5O2S. The van der Waals surface area contributed by atoms with Gasteiger partial charge in [0.05, 0.1) is 11.4 Å². The first-order valence-electron chi connectivity index (χ1n) is 7.89. The predicted octanol–water partition coefficient (Wildman–Crippen LogP) is 2.27. The highest BCUT2D eigenvalue weighted by molar-refractivity contribution is 7.89. The average molecular weight is 343 g/mol. The van der Waals surface area contributed by atoms with E-state index < -0.39 is 10.0 Å². The lowest BCUT2D eigenvalue weighted by Crippen LogP contribution is -2.38. The number of piperidine rings is 1. The van der Waals surface area contributed by atoms with Crippen LogP contribution in [0, 0.1) is 0 Å². The lowest BCUT2D eigenvalue weighted by molar-refractivity contribution is 0.255. The number of H-pyrrole nitrogens is 1. The second-order valence-electron chi connectivity index (χ2n) is 5.84. The van der Waals surface area contributed by atoms with E-state index >= 15 is 0 Å². The fraction of sp³-hybridized carbons (Fsp3) is 0.312. The Labute approximate surface area is 139 Å². The fourth-order valence-electron chi connectivity index (χ4n) is 3.24. The lowest BCUT2D eigenvalue weighted by atomic mass is 9.99. The standard InChI is InChI=1S/C16H17N5O2S/c22-24(23,16-13-6-4-9-18-15(13)19-20-16)21-10-2-1-7-14(21)12-5-3-8-17-11-12/h3-6,8-9,11,14H,1-2,7,10H2,(H,18,19,20). The van der Waals surface area contributed by atoms with E-state index in [-0.39, 0.29) is 11.1 Å². The third kappa shape index (κ3) is 2.47. The molecule has 3 aromatic heterocycles. The highest BCUT2D eigenvalue weighted by Crippen LogP contribution is 2.35. The van der Waals surface area contributed by atoms with Crippen LogP contribution in [-0.2, 0) is 10.0 Å². The molecule has 0 aromatic carbocycles. The van der Waals surface area contributed by atoms with Crippen LogP contribution in [0.25, 0.3) is 11.0 Å². The molecule has 0 aliphatic carbocycles. The summed E-state index contributed by atoms with van der Waals surface area (Å²) in [6.45, 7) is 0.483. The largest absolute Gasteiger partial charge is 0.264 e. The molecule has 7 nitrogen and oxygen atoms in total. The third-order valence-electron chi connectivity index (χ3n) is 4.38. The second-order valence-corrected chi connectivity index (χ2v) is 7.65. The van der Waals surface area contributed by atoms with Crippen molar-refractivity contribution in [1.82, 2.24) is 24.5 Å². The summed E-state index contributed by atoms with van der Waals surface area (Å²) in [4.78, 5) is 8.26. The number of hydrogen-bond donors (Lipinski definition) is 1. The number of fused-ring (bicyclic) bond motifs is 1. The summed E-state index contributed by atoms with van der Waals surface area (Å²) in [5.74, 6) is 0. The normalized spacial score (nSPS) is 19.6. The lowest BCUT2D eigenvalue weighted by Gasteiger charge is -2.34. The SMILES string of the molecule is O=S(=O)(c1n[nH]c2ncccc12)N1CCCCC1c1cccnc1. The van der Waals surface area contributed by atoms with Gasteiger partial charge in [-0.15, -0.1) is 0 Å². The first kappa shape index (κ1) is 15.2. The molecule has 0 saturated carbocycles. The molecule has 1 atom stereocenters. The number of nitrogens with zero attached hydrogens (tertiary/aromatic N) is 4. The topological polar surface area (TPSA) is 91.8 Å². The Morgan fingerprint density at radius 3 is 2.88 bits per heavy atom. The number of rotatable bonds is 3. The maximum Gasteiger partial charge on any atom is 0.263 e. The maximum absolute atomic E-state index is 13.2. The molecule has 1 aliphatic rings. The Morgan fingerprint density at radius 2 is 2.04 bits per heavy atom. The summed E-state index contributed by atoms with van der Waals surface area (Å²) in [6, 6.07) is 6.99. The molecule has 1 saturated heterocycles. The maximum atomic E-state index is 13.2. The van der Waals surface area contributed by atoms with Gasteiger partial charge in [-0.05, 0) is 36.6 Å². The van der Waals surface area contributed by atoms with E-state index in [1.807, 2.05) is 12.1 Å². The van der Waals surface area contributed by atoms with Gasteiger partial charge in [-0.1, -0.05) is 12.5 Å². The molecule has 124 valence electrons. The van der Waals surface area contributed by atoms with Crippen molar-refractivity contribution in [1.29, 1.82) is 0 Å². The van der Waals surface area contributed by atoms with E-state index in [9.17, 15) is 8.42 Å². The van der Waals surface area contributed by atoms with Crippen molar-refractivity contribution < 1.29 is 8.42 Å². The summed E-state index contributed by atoms with van der Waals surface area (Å²) in [5.41, 5.74) is 1.39. The molecule has 1 fully saturated rings. The molecule has 1 N–H and O–H groups in total. The van der Waals surface area contributed by atoms with Gasteiger partial charge in [-0.25, -0.2) is 13.4 Å². The number of sulfonamides is 1. The van der Waals surface area contributed by atoms with Gasteiger partial charge >= 0.3 is 0 Å². The van der Waals surface area contributed by atoms with E-state index in [4.69, 9.17) is 0 Å². The summed E-state index contributed by atoms with van der Waals surface area (Å²) in [7, 11) is -3.72. The van der Waals surface area contributed by atoms with Crippen LogP contribution >= 0.6 is 0 Å². The van der Waals surface area contributed by atoms with Gasteiger partial charge in [0, 0.05) is 25.1 Å². The molecule has 24 heavy (non-hydrogen) atoms. The van der Waals surface area contributed by atoms with E-state index in [0.29, 0.717) is 17.6 Å². The minimum Gasteiger partial charge on any atom is -0.264 e. The van der Waals surface area contributed by atoms with Gasteiger partial charge in [0.2, 0.25) is 5.03 Å². The molecular weight excluding hydrogens is 326 g/mol. The summed E-state index contributed by atoms with van der Waals surface area (Å²) >= 11 is 0. The van der Waals surface area contributed by atoms with Crippen LogP contribution in [0.3, 0.4) is 0 Å². The molecule has 1 aliphatic heterocycles. The molecule has 0 spiro atoms. The van der Waals surface area contributed by atoms with Crippen LogP contribution in [0.1, 0.15) is 30.9 Å². The van der Waals surface area contributed by atoms with Crippen LogP contribution in [0.15, 0.2) is 47.9 Å². The molecule has 1 unspecified atom stereocenters. The smallest absolute Gasteiger partial charge is 0.263 e. The van der Waals surface area contributed by atoms with Gasteiger partial charge in [0.15, 0.2) is 5.65 Å². The highest BCUT2D eigenvalue weighted by atomic mass is 32.2. The van der Waals surface area contributed by atoms with Crippen LogP contribution in [-0.4, -0.2) is 39.4 Å². The third-order valence-corrected chi connectivity index (χ3v) is 6.23. The van der Waals surface area contributed by atoms with Crippen molar-refractivity contribution in [3.8, 4) is 0 Å². The second kappa shape index (κ2) is 5.95. The zero-order valence-corrected chi connectivity index (χ0v) is 13.8. The Kier molecular flexibility index (Phi) is 3.78. The molecule has 4 heterocycles. The molecule has 3 aromatic rings.